The molecule has 4 aromatic carbocycles. The number of halogens is 2. The summed E-state index contributed by atoms with van der Waals surface area (Å²) >= 11 is 9.53. The molecule has 41 heavy (non-hydrogen) atoms. The fraction of sp³-hybridized carbons (Fsp3) is 0.0857. The van der Waals surface area contributed by atoms with Crippen molar-refractivity contribution in [2.75, 3.05) is 5.34 Å². The Hall–Kier alpha value is -1.54. The van der Waals surface area contributed by atoms with Crippen molar-refractivity contribution in [1.29, 1.82) is 0 Å². The number of allylic oxidation sites excluding steroid dienone is 8. The number of hydrogen-bond acceptors (Lipinski definition) is 0. The van der Waals surface area contributed by atoms with Crippen molar-refractivity contribution < 1.29 is 37.5 Å². The standard InChI is InChI=1S/2C17H15P.CH2Cl2.Fe.Pd/c2*1-3-9-15(10-4-1)18(17-13-7-8-14-17)16-11-5-2-6-12-16;2-1-3;;/h2*1-14,17H;1H2;;. The summed E-state index contributed by atoms with van der Waals surface area (Å²) in [6.07, 6.45) is 17.9. The van der Waals surface area contributed by atoms with Crippen LogP contribution in [0.15, 0.2) is 170 Å². The predicted molar refractivity (Wildman–Crippen MR) is 179 cm³/mol. The minimum Gasteiger partial charge on any atom is -0.109 e. The number of benzene rings is 4. The summed E-state index contributed by atoms with van der Waals surface area (Å²) in [5, 5.41) is 5.97. The fourth-order valence-corrected chi connectivity index (χ4v) is 9.56. The number of rotatable bonds is 6. The Balaban J connectivity index is 0.000000251. The molecule has 0 atom stereocenters. The molecular formula is C35H32Cl2FeP2Pd. The number of alkyl halides is 2. The van der Waals surface area contributed by atoms with E-state index in [9.17, 15) is 0 Å². The minimum atomic E-state index is -0.326. The summed E-state index contributed by atoms with van der Waals surface area (Å²) in [5.41, 5.74) is 1.06. The van der Waals surface area contributed by atoms with Gasteiger partial charge in [0.15, 0.2) is 0 Å². The van der Waals surface area contributed by atoms with Gasteiger partial charge in [-0.3, -0.25) is 0 Å². The summed E-state index contributed by atoms with van der Waals surface area (Å²) in [6.45, 7) is 0. The molecule has 6 rings (SSSR count). The van der Waals surface area contributed by atoms with Gasteiger partial charge in [-0.2, -0.15) is 0 Å². The van der Waals surface area contributed by atoms with Gasteiger partial charge in [-0.1, -0.05) is 170 Å². The van der Waals surface area contributed by atoms with Crippen LogP contribution >= 0.6 is 39.0 Å². The first-order chi connectivity index (χ1) is 19.3. The molecule has 0 heterocycles. The normalized spacial score (nSPS) is 13.2. The van der Waals surface area contributed by atoms with Crippen molar-refractivity contribution in [3.8, 4) is 0 Å². The van der Waals surface area contributed by atoms with Crippen LogP contribution in [0.2, 0.25) is 0 Å². The summed E-state index contributed by atoms with van der Waals surface area (Å²) in [7, 11) is -0.651. The smallest absolute Gasteiger partial charge is 0.0967 e. The fourth-order valence-electron chi connectivity index (χ4n) is 4.53. The molecule has 0 bridgehead atoms. The van der Waals surface area contributed by atoms with Crippen molar-refractivity contribution in [3.63, 3.8) is 0 Å². The molecule has 0 radical (unpaired) electrons. The monoisotopic (exact) mass is 746 g/mol. The summed E-state index contributed by atoms with van der Waals surface area (Å²) in [6, 6.07) is 43.4. The van der Waals surface area contributed by atoms with Crippen molar-refractivity contribution in [3.05, 3.63) is 170 Å². The first-order valence-electron chi connectivity index (χ1n) is 12.9. The first-order valence-corrected chi connectivity index (χ1v) is 16.8. The van der Waals surface area contributed by atoms with Crippen molar-refractivity contribution in [1.82, 2.24) is 0 Å². The van der Waals surface area contributed by atoms with Gasteiger partial charge in [0.25, 0.3) is 0 Å². The summed E-state index contributed by atoms with van der Waals surface area (Å²) in [4.78, 5) is 0. The van der Waals surface area contributed by atoms with Gasteiger partial charge in [0, 0.05) is 48.8 Å². The van der Waals surface area contributed by atoms with E-state index in [1.54, 1.807) is 0 Å². The van der Waals surface area contributed by atoms with Gasteiger partial charge in [0.2, 0.25) is 0 Å². The van der Waals surface area contributed by atoms with E-state index in [2.05, 4.69) is 170 Å². The molecule has 0 fully saturated rings. The average Bonchev–Trinajstić information content (AvgIpc) is 3.72. The van der Waals surface area contributed by atoms with Crippen molar-refractivity contribution >= 4 is 60.3 Å². The van der Waals surface area contributed by atoms with E-state index in [-0.39, 0.29) is 58.7 Å². The van der Waals surface area contributed by atoms with Crippen molar-refractivity contribution in [2.45, 2.75) is 11.3 Å². The van der Waals surface area contributed by atoms with Crippen LogP contribution in [-0.4, -0.2) is 16.7 Å². The predicted octanol–water partition coefficient (Wildman–Crippen LogP) is 8.64. The van der Waals surface area contributed by atoms with Crippen LogP contribution in [0.5, 0.6) is 0 Å². The molecular weight excluding hydrogens is 716 g/mol. The van der Waals surface area contributed by atoms with Gasteiger partial charge in [-0.25, -0.2) is 0 Å². The second kappa shape index (κ2) is 20.4. The Morgan fingerprint density at radius 2 is 0.610 bits per heavy atom. The summed E-state index contributed by atoms with van der Waals surface area (Å²) < 4.78 is 0. The van der Waals surface area contributed by atoms with E-state index in [0.717, 1.165) is 0 Å². The van der Waals surface area contributed by atoms with Crippen LogP contribution in [0.4, 0.5) is 0 Å². The van der Waals surface area contributed by atoms with Crippen LogP contribution in [0, 0.1) is 0 Å². The average molecular weight is 748 g/mol. The zero-order valence-corrected chi connectivity index (χ0v) is 28.3. The molecule has 6 heteroatoms. The Kier molecular flexibility index (Phi) is 17.7. The SMILES string of the molecule is C1=CC(P(c2ccccc2)c2ccccc2)C=C1.C1=CC(P(c2ccccc2)c2ccccc2)C=C1.ClCCl.[Fe].[Pd]. The number of hydrogen-bond donors (Lipinski definition) is 0. The van der Waals surface area contributed by atoms with E-state index in [4.69, 9.17) is 23.2 Å². The molecule has 0 spiro atoms. The van der Waals surface area contributed by atoms with Crippen molar-refractivity contribution in [2.24, 2.45) is 0 Å². The molecule has 0 aliphatic heterocycles. The van der Waals surface area contributed by atoms with Crippen LogP contribution in [-0.2, 0) is 37.5 Å². The maximum Gasteiger partial charge on any atom is 0.0967 e. The van der Waals surface area contributed by atoms with E-state index in [1.165, 1.54) is 21.2 Å². The van der Waals surface area contributed by atoms with Gasteiger partial charge in [-0.15, -0.1) is 23.2 Å². The second-order valence-corrected chi connectivity index (χ2v) is 14.3. The van der Waals surface area contributed by atoms with Crippen LogP contribution < -0.4 is 21.2 Å². The Bertz CT molecular complexity index is 1150. The van der Waals surface area contributed by atoms with Gasteiger partial charge in [-0.05, 0) is 37.1 Å². The van der Waals surface area contributed by atoms with E-state index >= 15 is 0 Å². The molecule has 0 amide bonds. The third-order valence-corrected chi connectivity index (χ3v) is 11.5. The van der Waals surface area contributed by atoms with Gasteiger partial charge < -0.3 is 0 Å². The minimum absolute atomic E-state index is 0. The van der Waals surface area contributed by atoms with Gasteiger partial charge in [0.1, 0.15) is 0 Å². The van der Waals surface area contributed by atoms with Gasteiger partial charge in [0.05, 0.1) is 5.34 Å². The molecule has 4 aromatic rings. The second-order valence-electron chi connectivity index (χ2n) is 8.70. The van der Waals surface area contributed by atoms with Crippen LogP contribution in [0.1, 0.15) is 0 Å². The zero-order valence-electron chi connectivity index (χ0n) is 22.3. The maximum absolute atomic E-state index is 4.76. The summed E-state index contributed by atoms with van der Waals surface area (Å²) in [5.74, 6) is 0. The Morgan fingerprint density at radius 1 is 0.415 bits per heavy atom. The third kappa shape index (κ3) is 10.9. The first kappa shape index (κ1) is 35.7. The molecule has 2 aliphatic carbocycles. The molecule has 0 aromatic heterocycles. The molecule has 214 valence electrons. The van der Waals surface area contributed by atoms with E-state index in [1.807, 2.05) is 0 Å². The molecule has 0 N–H and O–H groups in total. The van der Waals surface area contributed by atoms with E-state index < -0.39 is 0 Å². The Labute approximate surface area is 282 Å². The molecule has 0 saturated carbocycles. The zero-order chi connectivity index (χ0) is 27.1. The molecule has 0 nitrogen and oxygen atoms in total. The van der Waals surface area contributed by atoms with E-state index in [0.29, 0.717) is 11.3 Å². The topological polar surface area (TPSA) is 0 Å². The molecule has 0 unspecified atom stereocenters. The molecule has 0 saturated heterocycles. The Morgan fingerprint density at radius 3 is 0.805 bits per heavy atom. The van der Waals surface area contributed by atoms with Crippen LogP contribution in [0.3, 0.4) is 0 Å². The largest absolute Gasteiger partial charge is 0.109 e. The third-order valence-electron chi connectivity index (χ3n) is 6.19. The van der Waals surface area contributed by atoms with Gasteiger partial charge >= 0.3 is 0 Å². The maximum atomic E-state index is 4.76. The molecule has 2 aliphatic rings. The van der Waals surface area contributed by atoms with Crippen LogP contribution in [0.25, 0.3) is 0 Å². The quantitative estimate of drug-likeness (QED) is 0.105.